The fourth-order valence-corrected chi connectivity index (χ4v) is 2.34. The molecule has 0 aromatic carbocycles. The fraction of sp³-hybridized carbons (Fsp3) is 0.417. The van der Waals surface area contributed by atoms with Gasteiger partial charge in [-0.05, 0) is 28.4 Å². The van der Waals surface area contributed by atoms with Crippen LogP contribution in [0.1, 0.15) is 19.0 Å². The van der Waals surface area contributed by atoms with Crippen LogP contribution < -0.4 is 5.32 Å². The number of nitrogens with one attached hydrogen (secondary N) is 1. The van der Waals surface area contributed by atoms with E-state index in [1.54, 1.807) is 10.9 Å². The van der Waals surface area contributed by atoms with Crippen LogP contribution in [0.2, 0.25) is 0 Å². The second-order valence-electron chi connectivity index (χ2n) is 4.00. The highest BCUT2D eigenvalue weighted by molar-refractivity contribution is 9.10. The first-order valence-corrected chi connectivity index (χ1v) is 6.69. The lowest BCUT2D eigenvalue weighted by atomic mass is 10.2. The minimum Gasteiger partial charge on any atom is -0.372 e. The fourth-order valence-electron chi connectivity index (χ4n) is 1.77. The van der Waals surface area contributed by atoms with Gasteiger partial charge in [0, 0.05) is 20.3 Å². The Hall–Kier alpha value is -1.43. The number of hydrogen-bond acceptors (Lipinski definition) is 4. The summed E-state index contributed by atoms with van der Waals surface area (Å²) in [4.78, 5) is 9.12. The van der Waals surface area contributed by atoms with E-state index in [1.807, 2.05) is 20.2 Å². The van der Waals surface area contributed by atoms with E-state index in [1.165, 1.54) is 0 Å². The van der Waals surface area contributed by atoms with Crippen LogP contribution in [0.3, 0.4) is 0 Å². The minimum atomic E-state index is 0.700. The van der Waals surface area contributed by atoms with Gasteiger partial charge in [0.25, 0.3) is 0 Å². The van der Waals surface area contributed by atoms with Crippen LogP contribution in [0.4, 0.5) is 5.82 Å². The summed E-state index contributed by atoms with van der Waals surface area (Å²) in [6.07, 6.45) is 3.71. The van der Waals surface area contributed by atoms with Gasteiger partial charge in [0.2, 0.25) is 0 Å². The van der Waals surface area contributed by atoms with Gasteiger partial charge in [-0.3, -0.25) is 4.68 Å². The molecule has 96 valence electrons. The van der Waals surface area contributed by atoms with Gasteiger partial charge in [0.1, 0.15) is 11.5 Å². The van der Waals surface area contributed by atoms with Crippen LogP contribution >= 0.6 is 15.9 Å². The van der Waals surface area contributed by atoms with Gasteiger partial charge in [-0.15, -0.1) is 0 Å². The Kier molecular flexibility index (Phi) is 3.96. The summed E-state index contributed by atoms with van der Waals surface area (Å²) in [6, 6.07) is 1.92. The molecule has 0 amide bonds. The number of anilines is 1. The van der Waals surface area contributed by atoms with Gasteiger partial charge in [0.15, 0.2) is 5.82 Å². The first-order chi connectivity index (χ1) is 8.67. The first kappa shape index (κ1) is 13.0. The Labute approximate surface area is 115 Å². The normalized spacial score (nSPS) is 10.7. The molecule has 1 N–H and O–H groups in total. The molecule has 0 spiro atoms. The average Bonchev–Trinajstić information content (AvgIpc) is 2.78. The molecule has 0 saturated carbocycles. The molecule has 0 atom stereocenters. The van der Waals surface area contributed by atoms with E-state index in [2.05, 4.69) is 43.2 Å². The number of aromatic nitrogens is 4. The van der Waals surface area contributed by atoms with Crippen molar-refractivity contribution in [3.05, 3.63) is 22.4 Å². The van der Waals surface area contributed by atoms with E-state index in [0.717, 1.165) is 34.5 Å². The highest BCUT2D eigenvalue weighted by atomic mass is 79.9. The Morgan fingerprint density at radius 2 is 2.17 bits per heavy atom. The molecule has 2 aromatic rings. The van der Waals surface area contributed by atoms with Crippen LogP contribution in [0.5, 0.6) is 0 Å². The molecule has 2 rings (SSSR count). The molecule has 0 fully saturated rings. The van der Waals surface area contributed by atoms with Crippen LogP contribution in [-0.2, 0) is 13.5 Å². The van der Waals surface area contributed by atoms with E-state index in [4.69, 9.17) is 0 Å². The molecule has 0 aliphatic rings. The zero-order chi connectivity index (χ0) is 13.1. The van der Waals surface area contributed by atoms with Crippen LogP contribution in [0, 0.1) is 0 Å². The third-order valence-corrected chi connectivity index (χ3v) is 3.53. The third kappa shape index (κ3) is 2.38. The topological polar surface area (TPSA) is 55.6 Å². The van der Waals surface area contributed by atoms with E-state index in [-0.39, 0.29) is 0 Å². The third-order valence-electron chi connectivity index (χ3n) is 2.69. The zero-order valence-electron chi connectivity index (χ0n) is 10.7. The van der Waals surface area contributed by atoms with Crippen molar-refractivity contribution in [2.45, 2.75) is 19.8 Å². The van der Waals surface area contributed by atoms with Crippen molar-refractivity contribution in [1.82, 2.24) is 19.7 Å². The van der Waals surface area contributed by atoms with Gasteiger partial charge >= 0.3 is 0 Å². The first-order valence-electron chi connectivity index (χ1n) is 5.90. The Balaban J connectivity index is 2.55. The van der Waals surface area contributed by atoms with E-state index in [0.29, 0.717) is 5.82 Å². The largest absolute Gasteiger partial charge is 0.372 e. The Bertz CT molecular complexity index is 549. The predicted octanol–water partition coefficient (Wildman–Crippen LogP) is 2.63. The van der Waals surface area contributed by atoms with E-state index in [9.17, 15) is 0 Å². The average molecular weight is 310 g/mol. The van der Waals surface area contributed by atoms with Crippen molar-refractivity contribution >= 4 is 21.7 Å². The number of halogens is 1. The summed E-state index contributed by atoms with van der Waals surface area (Å²) in [5, 5.41) is 7.24. The van der Waals surface area contributed by atoms with Crippen molar-refractivity contribution < 1.29 is 0 Å². The van der Waals surface area contributed by atoms with Gasteiger partial charge < -0.3 is 5.32 Å². The van der Waals surface area contributed by atoms with Crippen LogP contribution in [0.15, 0.2) is 16.7 Å². The summed E-state index contributed by atoms with van der Waals surface area (Å²) in [7, 11) is 3.75. The predicted molar refractivity (Wildman–Crippen MR) is 75.5 cm³/mol. The van der Waals surface area contributed by atoms with Crippen molar-refractivity contribution in [2.24, 2.45) is 7.05 Å². The summed E-state index contributed by atoms with van der Waals surface area (Å²) in [5.41, 5.74) is 1.93. The number of aryl methyl sites for hydroxylation is 2. The highest BCUT2D eigenvalue weighted by Gasteiger charge is 2.13. The lowest BCUT2D eigenvalue weighted by Crippen LogP contribution is -2.05. The highest BCUT2D eigenvalue weighted by Crippen LogP contribution is 2.27. The Morgan fingerprint density at radius 1 is 1.39 bits per heavy atom. The second-order valence-corrected chi connectivity index (χ2v) is 4.79. The minimum absolute atomic E-state index is 0.700. The molecule has 18 heavy (non-hydrogen) atoms. The van der Waals surface area contributed by atoms with E-state index >= 15 is 0 Å². The molecule has 0 aliphatic heterocycles. The summed E-state index contributed by atoms with van der Waals surface area (Å²) in [6.45, 7) is 2.14. The number of hydrogen-bond donors (Lipinski definition) is 1. The molecular formula is C12H16BrN5. The molecule has 6 heteroatoms. The lowest BCUT2D eigenvalue weighted by Gasteiger charge is -2.10. The number of nitrogens with zero attached hydrogens (tertiary/aromatic N) is 4. The van der Waals surface area contributed by atoms with Crippen molar-refractivity contribution in [3.8, 4) is 11.5 Å². The molecule has 0 radical (unpaired) electrons. The molecule has 5 nitrogen and oxygen atoms in total. The second kappa shape index (κ2) is 5.48. The van der Waals surface area contributed by atoms with Gasteiger partial charge in [-0.25, -0.2) is 9.97 Å². The molecule has 0 unspecified atom stereocenters. The number of rotatable bonds is 4. The van der Waals surface area contributed by atoms with Crippen molar-refractivity contribution in [2.75, 3.05) is 12.4 Å². The molecule has 2 aromatic heterocycles. The van der Waals surface area contributed by atoms with Gasteiger partial charge in [-0.2, -0.15) is 5.10 Å². The summed E-state index contributed by atoms with van der Waals surface area (Å²) in [5.74, 6) is 1.51. The Morgan fingerprint density at radius 3 is 2.72 bits per heavy atom. The maximum absolute atomic E-state index is 4.62. The summed E-state index contributed by atoms with van der Waals surface area (Å²) >= 11 is 3.55. The van der Waals surface area contributed by atoms with Crippen LogP contribution in [-0.4, -0.2) is 26.8 Å². The SMILES string of the molecule is CCCc1nc(-c2ccnn2C)nc(NC)c1Br. The maximum Gasteiger partial charge on any atom is 0.180 e. The monoisotopic (exact) mass is 309 g/mol. The molecular weight excluding hydrogens is 294 g/mol. The van der Waals surface area contributed by atoms with Crippen LogP contribution in [0.25, 0.3) is 11.5 Å². The smallest absolute Gasteiger partial charge is 0.180 e. The quantitative estimate of drug-likeness (QED) is 0.943. The molecule has 0 bridgehead atoms. The molecule has 0 aliphatic carbocycles. The standard InChI is InChI=1S/C12H16BrN5/c1-4-5-8-10(13)12(14-2)17-11(16-8)9-6-7-15-18(9)3/h6-7H,4-5H2,1-3H3,(H,14,16,17). The maximum atomic E-state index is 4.62. The van der Waals surface area contributed by atoms with Crippen molar-refractivity contribution in [1.29, 1.82) is 0 Å². The summed E-state index contributed by atoms with van der Waals surface area (Å²) < 4.78 is 2.72. The van der Waals surface area contributed by atoms with E-state index < -0.39 is 0 Å². The molecule has 0 saturated heterocycles. The molecule has 2 heterocycles. The van der Waals surface area contributed by atoms with Gasteiger partial charge in [-0.1, -0.05) is 13.3 Å². The van der Waals surface area contributed by atoms with Crippen molar-refractivity contribution in [3.63, 3.8) is 0 Å². The zero-order valence-corrected chi connectivity index (χ0v) is 12.3. The lowest BCUT2D eigenvalue weighted by molar-refractivity contribution is 0.767. The van der Waals surface area contributed by atoms with Gasteiger partial charge in [0.05, 0.1) is 10.2 Å².